The predicted molar refractivity (Wildman–Crippen MR) is 81.7 cm³/mol. The third-order valence-corrected chi connectivity index (χ3v) is 4.32. The number of carbonyl (C=O) groups excluding carboxylic acids is 1. The molecule has 2 rings (SSSR count). The van der Waals surface area contributed by atoms with Crippen LogP contribution in [0.3, 0.4) is 0 Å². The lowest BCUT2D eigenvalue weighted by Gasteiger charge is -2.15. The molecule has 0 heterocycles. The van der Waals surface area contributed by atoms with E-state index in [1.54, 1.807) is 6.07 Å². The molecule has 1 aromatic rings. The van der Waals surface area contributed by atoms with E-state index < -0.39 is 0 Å². The van der Waals surface area contributed by atoms with E-state index in [0.29, 0.717) is 16.6 Å². The number of hydrogen-bond acceptors (Lipinski definition) is 3. The number of thiol groups is 1. The Morgan fingerprint density at radius 3 is 2.68 bits per heavy atom. The van der Waals surface area contributed by atoms with Crippen molar-refractivity contribution in [3.05, 3.63) is 34.3 Å². The van der Waals surface area contributed by atoms with E-state index in [2.05, 4.69) is 22.9 Å². The molecule has 1 aliphatic rings. The highest BCUT2D eigenvalue weighted by molar-refractivity contribution is 7.78. The maximum absolute atomic E-state index is 12.1. The average Bonchev–Trinajstić information content (AvgIpc) is 2.90. The van der Waals surface area contributed by atoms with Crippen molar-refractivity contribution in [2.45, 2.75) is 44.7 Å². The zero-order valence-electron chi connectivity index (χ0n) is 10.9. The van der Waals surface area contributed by atoms with Gasteiger partial charge in [0.1, 0.15) is 0 Å². The normalized spacial score (nSPS) is 17.4. The van der Waals surface area contributed by atoms with Crippen molar-refractivity contribution in [3.8, 4) is 0 Å². The first-order chi connectivity index (χ1) is 9.11. The summed E-state index contributed by atoms with van der Waals surface area (Å²) in [6.45, 7) is 1.98. The molecule has 104 valence electrons. The molecular weight excluding hydrogens is 280 g/mol. The van der Waals surface area contributed by atoms with Crippen LogP contribution in [-0.4, -0.2) is 11.9 Å². The first kappa shape index (κ1) is 14.7. The molecule has 2 N–H and O–H groups in total. The molecule has 1 amide bonds. The molecule has 0 bridgehead atoms. The Labute approximate surface area is 124 Å². The van der Waals surface area contributed by atoms with Crippen molar-refractivity contribution in [2.75, 3.05) is 0 Å². The molecule has 1 saturated carbocycles. The lowest BCUT2D eigenvalue weighted by molar-refractivity contribution is 0.0938. The summed E-state index contributed by atoms with van der Waals surface area (Å²) in [6.07, 6.45) is 4.54. The molecule has 0 aromatic heterocycles. The van der Waals surface area contributed by atoms with Gasteiger partial charge in [0.2, 0.25) is 0 Å². The van der Waals surface area contributed by atoms with Crippen molar-refractivity contribution in [3.63, 3.8) is 0 Å². The fraction of sp³-hybridized carbons (Fsp3) is 0.500. The summed E-state index contributed by atoms with van der Waals surface area (Å²) in [5, 5.41) is 3.53. The molecule has 1 aliphatic carbocycles. The Morgan fingerprint density at radius 2 is 2.11 bits per heavy atom. The summed E-state index contributed by atoms with van der Waals surface area (Å²) < 4.78 is 2.85. The van der Waals surface area contributed by atoms with Gasteiger partial charge in [0.25, 0.3) is 5.91 Å². The van der Waals surface area contributed by atoms with Crippen LogP contribution in [0.5, 0.6) is 0 Å². The Bertz CT molecular complexity index is 461. The van der Waals surface area contributed by atoms with Gasteiger partial charge in [0.15, 0.2) is 0 Å². The highest BCUT2D eigenvalue weighted by atomic mass is 35.5. The van der Waals surface area contributed by atoms with Crippen molar-refractivity contribution >= 4 is 30.3 Å². The van der Waals surface area contributed by atoms with Crippen LogP contribution < -0.4 is 10.0 Å². The summed E-state index contributed by atoms with van der Waals surface area (Å²) in [5.74, 6) is -0.0741. The van der Waals surface area contributed by atoms with Crippen molar-refractivity contribution in [2.24, 2.45) is 0 Å². The number of benzene rings is 1. The monoisotopic (exact) mass is 298 g/mol. The van der Waals surface area contributed by atoms with E-state index >= 15 is 0 Å². The molecule has 0 saturated heterocycles. The molecule has 0 aliphatic heterocycles. The Hall–Kier alpha value is -0.710. The zero-order chi connectivity index (χ0) is 13.8. The molecule has 19 heavy (non-hydrogen) atoms. The van der Waals surface area contributed by atoms with E-state index in [-0.39, 0.29) is 11.9 Å². The molecular formula is C14H19ClN2OS. The van der Waals surface area contributed by atoms with E-state index in [1.807, 2.05) is 19.1 Å². The molecule has 1 unspecified atom stereocenters. The number of carbonyl (C=O) groups is 1. The Morgan fingerprint density at radius 1 is 1.42 bits per heavy atom. The first-order valence-electron chi connectivity index (χ1n) is 6.61. The van der Waals surface area contributed by atoms with Gasteiger partial charge in [0.05, 0.1) is 10.6 Å². The molecule has 3 nitrogen and oxygen atoms in total. The highest BCUT2D eigenvalue weighted by Gasteiger charge is 2.19. The minimum Gasteiger partial charge on any atom is -0.349 e. The second-order valence-electron chi connectivity index (χ2n) is 5.04. The smallest absolute Gasteiger partial charge is 0.253 e. The quantitative estimate of drug-likeness (QED) is 0.745. The van der Waals surface area contributed by atoms with Crippen LogP contribution in [0.25, 0.3) is 0 Å². The number of nitrogens with one attached hydrogen (secondary N) is 2. The van der Waals surface area contributed by atoms with Crippen LogP contribution >= 0.6 is 24.4 Å². The van der Waals surface area contributed by atoms with Crippen LogP contribution in [0, 0.1) is 0 Å². The summed E-state index contributed by atoms with van der Waals surface area (Å²) in [6, 6.07) is 5.90. The number of rotatable bonds is 4. The fourth-order valence-electron chi connectivity index (χ4n) is 2.39. The van der Waals surface area contributed by atoms with Crippen molar-refractivity contribution in [1.29, 1.82) is 0 Å². The third-order valence-electron chi connectivity index (χ3n) is 3.62. The zero-order valence-corrected chi connectivity index (χ0v) is 12.6. The van der Waals surface area contributed by atoms with E-state index in [9.17, 15) is 4.79 Å². The van der Waals surface area contributed by atoms with Crippen LogP contribution in [0.15, 0.2) is 18.2 Å². The Kier molecular flexibility index (Phi) is 5.13. The summed E-state index contributed by atoms with van der Waals surface area (Å²) >= 11 is 10.2. The van der Waals surface area contributed by atoms with Gasteiger partial charge in [-0.15, -0.1) is 0 Å². The van der Waals surface area contributed by atoms with Gasteiger partial charge in [-0.3, -0.25) is 9.52 Å². The van der Waals surface area contributed by atoms with Crippen LogP contribution in [0.4, 0.5) is 0 Å². The average molecular weight is 299 g/mol. The molecule has 0 spiro atoms. The van der Waals surface area contributed by atoms with Gasteiger partial charge in [-0.2, -0.15) is 0 Å². The van der Waals surface area contributed by atoms with Crippen LogP contribution in [0.1, 0.15) is 54.6 Å². The number of amides is 1. The predicted octanol–water partition coefficient (Wildman–Crippen LogP) is 3.51. The topological polar surface area (TPSA) is 41.1 Å². The maximum atomic E-state index is 12.1. The number of halogens is 1. The molecule has 0 radical (unpaired) electrons. The standard InChI is InChI=1S/C14H19ClN2OS/c1-9(17-19)10-6-7-12(13(15)8-10)14(18)16-11-4-2-3-5-11/h6-9,11,17,19H,2-5H2,1H3,(H,16,18). The van der Waals surface area contributed by atoms with E-state index in [1.165, 1.54) is 12.8 Å². The minimum atomic E-state index is -0.0741. The minimum absolute atomic E-state index is 0.0741. The van der Waals surface area contributed by atoms with Gasteiger partial charge in [-0.05, 0) is 37.5 Å². The largest absolute Gasteiger partial charge is 0.349 e. The van der Waals surface area contributed by atoms with Gasteiger partial charge < -0.3 is 5.32 Å². The fourth-order valence-corrected chi connectivity index (χ4v) is 2.82. The molecule has 5 heteroatoms. The highest BCUT2D eigenvalue weighted by Crippen LogP contribution is 2.23. The van der Waals surface area contributed by atoms with Gasteiger partial charge in [0, 0.05) is 12.1 Å². The lowest BCUT2D eigenvalue weighted by atomic mass is 10.1. The molecule has 1 aromatic carbocycles. The second kappa shape index (κ2) is 6.64. The van der Waals surface area contributed by atoms with Gasteiger partial charge >= 0.3 is 0 Å². The second-order valence-corrected chi connectivity index (χ2v) is 5.71. The molecule has 1 atom stereocenters. The van der Waals surface area contributed by atoms with Gasteiger partial charge in [-0.1, -0.05) is 43.3 Å². The Balaban J connectivity index is 2.09. The third kappa shape index (κ3) is 3.65. The summed E-state index contributed by atoms with van der Waals surface area (Å²) in [4.78, 5) is 12.1. The van der Waals surface area contributed by atoms with Crippen LogP contribution in [-0.2, 0) is 0 Å². The van der Waals surface area contributed by atoms with Crippen molar-refractivity contribution in [1.82, 2.24) is 10.0 Å². The number of hydrogen-bond donors (Lipinski definition) is 3. The maximum Gasteiger partial charge on any atom is 0.253 e. The molecule has 1 fully saturated rings. The van der Waals surface area contributed by atoms with Crippen molar-refractivity contribution < 1.29 is 4.79 Å². The summed E-state index contributed by atoms with van der Waals surface area (Å²) in [7, 11) is 0. The van der Waals surface area contributed by atoms with E-state index in [4.69, 9.17) is 11.6 Å². The lowest BCUT2D eigenvalue weighted by Crippen LogP contribution is -2.32. The van der Waals surface area contributed by atoms with Crippen LogP contribution in [0.2, 0.25) is 5.02 Å². The SMILES string of the molecule is CC(NS)c1ccc(C(=O)NC2CCCC2)c(Cl)c1. The van der Waals surface area contributed by atoms with E-state index in [0.717, 1.165) is 18.4 Å². The van der Waals surface area contributed by atoms with Gasteiger partial charge in [-0.25, -0.2) is 0 Å². The summed E-state index contributed by atoms with van der Waals surface area (Å²) in [5.41, 5.74) is 1.56. The first-order valence-corrected chi connectivity index (χ1v) is 7.44.